The van der Waals surface area contributed by atoms with Gasteiger partial charge in [-0.1, -0.05) is 6.42 Å². The number of hydrogen-bond acceptors (Lipinski definition) is 1. The van der Waals surface area contributed by atoms with E-state index in [0.29, 0.717) is 24.0 Å². The fraction of sp³-hybridized carbons (Fsp3) is 0.533. The largest absolute Gasteiger partial charge is 0.419 e. The Bertz CT molecular complexity index is 569. The Morgan fingerprint density at radius 1 is 1.19 bits per heavy atom. The minimum absolute atomic E-state index is 0.0376. The van der Waals surface area contributed by atoms with E-state index in [-0.39, 0.29) is 11.6 Å². The first kappa shape index (κ1) is 14.4. The molecule has 0 aliphatic heterocycles. The van der Waals surface area contributed by atoms with Gasteiger partial charge in [0.1, 0.15) is 5.82 Å². The van der Waals surface area contributed by atoms with Crippen molar-refractivity contribution in [1.82, 2.24) is 5.32 Å². The van der Waals surface area contributed by atoms with Gasteiger partial charge < -0.3 is 5.32 Å². The van der Waals surface area contributed by atoms with E-state index in [2.05, 4.69) is 5.32 Å². The standard InChI is InChI=1S/C15H15F4NO/c16-12-4-3-10(7-11(12)15(17,18)19)14(21)20-13-6-8-1-2-9(13)5-8/h3-4,7-9,13H,1-2,5-6H2,(H,20,21). The zero-order chi connectivity index (χ0) is 15.2. The van der Waals surface area contributed by atoms with Crippen LogP contribution in [0.1, 0.15) is 41.6 Å². The predicted octanol–water partition coefficient (Wildman–Crippen LogP) is 3.76. The molecule has 2 bridgehead atoms. The van der Waals surface area contributed by atoms with Crippen LogP contribution in [0.4, 0.5) is 17.6 Å². The average Bonchev–Trinajstić information content (AvgIpc) is 3.00. The van der Waals surface area contributed by atoms with Crippen LogP contribution < -0.4 is 5.32 Å². The van der Waals surface area contributed by atoms with Crippen LogP contribution in [0.2, 0.25) is 0 Å². The summed E-state index contributed by atoms with van der Waals surface area (Å²) in [5.41, 5.74) is -1.55. The molecule has 2 nitrogen and oxygen atoms in total. The van der Waals surface area contributed by atoms with E-state index in [4.69, 9.17) is 0 Å². The number of carbonyl (C=O) groups excluding carboxylic acids is 1. The van der Waals surface area contributed by atoms with Crippen molar-refractivity contribution < 1.29 is 22.4 Å². The lowest BCUT2D eigenvalue weighted by Gasteiger charge is -2.23. The number of benzene rings is 1. The number of hydrogen-bond donors (Lipinski definition) is 1. The lowest BCUT2D eigenvalue weighted by molar-refractivity contribution is -0.140. The normalized spacial score (nSPS) is 27.9. The van der Waals surface area contributed by atoms with E-state index >= 15 is 0 Å². The molecule has 1 aromatic carbocycles. The molecule has 1 aromatic rings. The Labute approximate surface area is 119 Å². The monoisotopic (exact) mass is 301 g/mol. The van der Waals surface area contributed by atoms with Gasteiger partial charge in [0.25, 0.3) is 5.91 Å². The zero-order valence-corrected chi connectivity index (χ0v) is 11.2. The van der Waals surface area contributed by atoms with Gasteiger partial charge in [0.2, 0.25) is 0 Å². The first-order valence-corrected chi connectivity index (χ1v) is 7.02. The smallest absolute Gasteiger partial charge is 0.349 e. The number of rotatable bonds is 2. The van der Waals surface area contributed by atoms with Gasteiger partial charge in [-0.25, -0.2) is 4.39 Å². The molecule has 3 unspecified atom stereocenters. The Kier molecular flexibility index (Phi) is 3.42. The molecule has 21 heavy (non-hydrogen) atoms. The Hall–Kier alpha value is -1.59. The maximum atomic E-state index is 13.2. The number of amides is 1. The number of carbonyl (C=O) groups is 1. The van der Waals surface area contributed by atoms with Crippen LogP contribution >= 0.6 is 0 Å². The molecule has 2 fully saturated rings. The Morgan fingerprint density at radius 3 is 2.52 bits per heavy atom. The van der Waals surface area contributed by atoms with Crippen LogP contribution in [-0.2, 0) is 6.18 Å². The number of fused-ring (bicyclic) bond motifs is 2. The van der Waals surface area contributed by atoms with Gasteiger partial charge in [-0.3, -0.25) is 4.79 Å². The molecule has 0 spiro atoms. The highest BCUT2D eigenvalue weighted by molar-refractivity contribution is 5.94. The van der Waals surface area contributed by atoms with Crippen molar-refractivity contribution >= 4 is 5.91 Å². The lowest BCUT2D eigenvalue weighted by atomic mass is 9.95. The highest BCUT2D eigenvalue weighted by Crippen LogP contribution is 2.44. The van der Waals surface area contributed by atoms with Crippen molar-refractivity contribution in [1.29, 1.82) is 0 Å². The molecule has 1 amide bonds. The topological polar surface area (TPSA) is 29.1 Å². The third-order valence-corrected chi connectivity index (χ3v) is 4.59. The van der Waals surface area contributed by atoms with Crippen LogP contribution in [0.15, 0.2) is 18.2 Å². The summed E-state index contributed by atoms with van der Waals surface area (Å²) in [7, 11) is 0. The van der Waals surface area contributed by atoms with Crippen molar-refractivity contribution in [3.8, 4) is 0 Å². The molecule has 2 aliphatic carbocycles. The second-order valence-corrected chi connectivity index (χ2v) is 5.95. The van der Waals surface area contributed by atoms with Gasteiger partial charge in [-0.05, 0) is 49.3 Å². The Balaban J connectivity index is 1.76. The van der Waals surface area contributed by atoms with Gasteiger partial charge >= 0.3 is 6.18 Å². The lowest BCUT2D eigenvalue weighted by Crippen LogP contribution is -2.38. The van der Waals surface area contributed by atoms with Gasteiger partial charge in [-0.15, -0.1) is 0 Å². The van der Waals surface area contributed by atoms with E-state index in [1.54, 1.807) is 0 Å². The fourth-order valence-electron chi connectivity index (χ4n) is 3.56. The maximum absolute atomic E-state index is 13.2. The number of nitrogens with one attached hydrogen (secondary N) is 1. The van der Waals surface area contributed by atoms with E-state index in [1.165, 1.54) is 6.42 Å². The molecule has 2 aliphatic rings. The molecule has 0 saturated heterocycles. The van der Waals surface area contributed by atoms with Crippen LogP contribution in [0, 0.1) is 17.7 Å². The third-order valence-electron chi connectivity index (χ3n) is 4.59. The number of alkyl halides is 3. The summed E-state index contributed by atoms with van der Waals surface area (Å²) in [4.78, 5) is 12.1. The minimum Gasteiger partial charge on any atom is -0.349 e. The van der Waals surface area contributed by atoms with Crippen LogP contribution in [0.25, 0.3) is 0 Å². The maximum Gasteiger partial charge on any atom is 0.419 e. The first-order valence-electron chi connectivity index (χ1n) is 7.02. The predicted molar refractivity (Wildman–Crippen MR) is 68.1 cm³/mol. The second-order valence-electron chi connectivity index (χ2n) is 5.95. The second kappa shape index (κ2) is 5.00. The van der Waals surface area contributed by atoms with Gasteiger partial charge in [0, 0.05) is 11.6 Å². The molecular weight excluding hydrogens is 286 g/mol. The van der Waals surface area contributed by atoms with Crippen molar-refractivity contribution in [2.75, 3.05) is 0 Å². The molecule has 114 valence electrons. The van der Waals surface area contributed by atoms with E-state index in [9.17, 15) is 22.4 Å². The van der Waals surface area contributed by atoms with E-state index in [0.717, 1.165) is 25.3 Å². The van der Waals surface area contributed by atoms with Crippen LogP contribution in [0.3, 0.4) is 0 Å². The summed E-state index contributed by atoms with van der Waals surface area (Å²) < 4.78 is 51.1. The summed E-state index contributed by atoms with van der Waals surface area (Å²) in [5.74, 6) is -0.863. The fourth-order valence-corrected chi connectivity index (χ4v) is 3.56. The molecule has 6 heteroatoms. The average molecular weight is 301 g/mol. The Morgan fingerprint density at radius 2 is 1.95 bits per heavy atom. The molecule has 2 saturated carbocycles. The van der Waals surface area contributed by atoms with Gasteiger partial charge in [0.15, 0.2) is 0 Å². The van der Waals surface area contributed by atoms with Gasteiger partial charge in [-0.2, -0.15) is 13.2 Å². The molecule has 0 radical (unpaired) electrons. The summed E-state index contributed by atoms with van der Waals surface area (Å²) in [6.07, 6.45) is -0.586. The SMILES string of the molecule is O=C(NC1CC2CCC1C2)c1ccc(F)c(C(F)(F)F)c1. The minimum atomic E-state index is -4.80. The van der Waals surface area contributed by atoms with Crippen molar-refractivity contribution in [2.45, 2.75) is 37.9 Å². The quantitative estimate of drug-likeness (QED) is 0.828. The summed E-state index contributed by atoms with van der Waals surface area (Å²) in [5, 5.41) is 2.80. The van der Waals surface area contributed by atoms with E-state index in [1.807, 2.05) is 0 Å². The van der Waals surface area contributed by atoms with Crippen molar-refractivity contribution in [3.05, 3.63) is 35.1 Å². The summed E-state index contributed by atoms with van der Waals surface area (Å²) in [6.45, 7) is 0. The third kappa shape index (κ3) is 2.76. The van der Waals surface area contributed by atoms with Gasteiger partial charge in [0.05, 0.1) is 5.56 Å². The highest BCUT2D eigenvalue weighted by Gasteiger charge is 2.40. The molecule has 3 rings (SSSR count). The van der Waals surface area contributed by atoms with Crippen LogP contribution in [-0.4, -0.2) is 11.9 Å². The molecule has 1 N–H and O–H groups in total. The van der Waals surface area contributed by atoms with E-state index < -0.39 is 23.5 Å². The first-order chi connectivity index (χ1) is 9.84. The zero-order valence-electron chi connectivity index (χ0n) is 11.2. The molecule has 0 aromatic heterocycles. The van der Waals surface area contributed by atoms with Crippen LogP contribution in [0.5, 0.6) is 0 Å². The molecule has 0 heterocycles. The molecule has 3 atom stereocenters. The summed E-state index contributed by atoms with van der Waals surface area (Å²) in [6, 6.07) is 2.40. The highest BCUT2D eigenvalue weighted by atomic mass is 19.4. The molecular formula is C15H15F4NO. The van der Waals surface area contributed by atoms with Crippen molar-refractivity contribution in [3.63, 3.8) is 0 Å². The number of halogens is 4. The van der Waals surface area contributed by atoms with Crippen molar-refractivity contribution in [2.24, 2.45) is 11.8 Å². The summed E-state index contributed by atoms with van der Waals surface area (Å²) >= 11 is 0.